The molecule has 2 aromatic rings. The maximum Gasteiger partial charge on any atom is 0.153 e. The number of halogens is 1. The molecule has 5 heteroatoms. The fourth-order valence-electron chi connectivity index (χ4n) is 2.38. The Bertz CT molecular complexity index is 587. The van der Waals surface area contributed by atoms with Gasteiger partial charge in [-0.25, -0.2) is 9.67 Å². The van der Waals surface area contributed by atoms with Crippen LogP contribution in [0.4, 0.5) is 0 Å². The van der Waals surface area contributed by atoms with E-state index in [2.05, 4.69) is 53.9 Å². The Balaban J connectivity index is 2.44. The third kappa shape index (κ3) is 3.71. The average molecular weight is 351 g/mol. The zero-order chi connectivity index (χ0) is 15.4. The van der Waals surface area contributed by atoms with Crippen LogP contribution < -0.4 is 5.32 Å². The molecule has 2 heterocycles. The van der Waals surface area contributed by atoms with Crippen molar-refractivity contribution < 1.29 is 0 Å². The molecule has 0 aliphatic heterocycles. The van der Waals surface area contributed by atoms with Gasteiger partial charge in [0.05, 0.1) is 11.4 Å². The van der Waals surface area contributed by atoms with Crippen LogP contribution in [0.2, 0.25) is 0 Å². The molecule has 0 saturated heterocycles. The summed E-state index contributed by atoms with van der Waals surface area (Å²) in [6, 6.07) is 4.46. The molecular weight excluding hydrogens is 328 g/mol. The molecule has 0 spiro atoms. The predicted molar refractivity (Wildman–Crippen MR) is 89.8 cm³/mol. The molecule has 0 fully saturated rings. The van der Waals surface area contributed by atoms with Crippen LogP contribution in [-0.4, -0.2) is 20.8 Å². The van der Waals surface area contributed by atoms with Gasteiger partial charge in [0.15, 0.2) is 5.82 Å². The molecule has 2 aromatic heterocycles. The van der Waals surface area contributed by atoms with Gasteiger partial charge >= 0.3 is 0 Å². The molecule has 0 aliphatic carbocycles. The highest BCUT2D eigenvalue weighted by atomic mass is 79.9. The van der Waals surface area contributed by atoms with E-state index in [0.717, 1.165) is 35.4 Å². The molecule has 0 saturated carbocycles. The van der Waals surface area contributed by atoms with Crippen molar-refractivity contribution in [1.29, 1.82) is 0 Å². The van der Waals surface area contributed by atoms with E-state index in [1.165, 1.54) is 11.3 Å². The van der Waals surface area contributed by atoms with Crippen molar-refractivity contribution in [3.63, 3.8) is 0 Å². The summed E-state index contributed by atoms with van der Waals surface area (Å²) < 4.78 is 2.97. The highest BCUT2D eigenvalue weighted by Gasteiger charge is 2.17. The van der Waals surface area contributed by atoms with Crippen molar-refractivity contribution in [2.45, 2.75) is 53.1 Å². The van der Waals surface area contributed by atoms with E-state index in [1.807, 2.05) is 23.0 Å². The first kappa shape index (κ1) is 16.2. The smallest absolute Gasteiger partial charge is 0.153 e. The van der Waals surface area contributed by atoms with Gasteiger partial charge < -0.3 is 5.32 Å². The second-order valence-corrected chi connectivity index (χ2v) is 6.28. The SMILES string of the molecule is CCc1nn(-c2ccc(Br)cn2)c(CC)c1CNC(C)C. The predicted octanol–water partition coefficient (Wildman–Crippen LogP) is 3.65. The summed E-state index contributed by atoms with van der Waals surface area (Å²) in [7, 11) is 0. The molecule has 4 nitrogen and oxygen atoms in total. The van der Waals surface area contributed by atoms with Gasteiger partial charge in [0.25, 0.3) is 0 Å². The zero-order valence-corrected chi connectivity index (χ0v) is 14.7. The first-order valence-electron chi connectivity index (χ1n) is 7.51. The first-order valence-corrected chi connectivity index (χ1v) is 8.31. The van der Waals surface area contributed by atoms with E-state index in [9.17, 15) is 0 Å². The normalized spacial score (nSPS) is 11.3. The quantitative estimate of drug-likeness (QED) is 0.864. The molecule has 21 heavy (non-hydrogen) atoms. The third-order valence-corrected chi connectivity index (χ3v) is 3.93. The minimum absolute atomic E-state index is 0.466. The largest absolute Gasteiger partial charge is 0.310 e. The van der Waals surface area contributed by atoms with Gasteiger partial charge in [-0.1, -0.05) is 27.7 Å². The van der Waals surface area contributed by atoms with Crippen molar-refractivity contribution in [1.82, 2.24) is 20.1 Å². The lowest BCUT2D eigenvalue weighted by Crippen LogP contribution is -2.23. The Labute approximate surface area is 135 Å². The molecule has 0 atom stereocenters. The lowest BCUT2D eigenvalue weighted by Gasteiger charge is -2.10. The van der Waals surface area contributed by atoms with Gasteiger partial charge in [-0.3, -0.25) is 0 Å². The van der Waals surface area contributed by atoms with E-state index >= 15 is 0 Å². The Morgan fingerprint density at radius 3 is 2.52 bits per heavy atom. The minimum atomic E-state index is 0.466. The summed E-state index contributed by atoms with van der Waals surface area (Å²) >= 11 is 3.43. The number of aryl methyl sites for hydroxylation is 1. The number of hydrogen-bond acceptors (Lipinski definition) is 3. The molecule has 0 unspecified atom stereocenters. The maximum absolute atomic E-state index is 4.78. The number of pyridine rings is 1. The lowest BCUT2D eigenvalue weighted by molar-refractivity contribution is 0.584. The number of aromatic nitrogens is 3. The molecule has 1 N–H and O–H groups in total. The molecule has 2 rings (SSSR count). The fraction of sp³-hybridized carbons (Fsp3) is 0.500. The van der Waals surface area contributed by atoms with E-state index in [-0.39, 0.29) is 0 Å². The van der Waals surface area contributed by atoms with Crippen molar-refractivity contribution in [3.05, 3.63) is 39.8 Å². The molecule has 114 valence electrons. The van der Waals surface area contributed by atoms with Crippen LogP contribution in [0.15, 0.2) is 22.8 Å². The topological polar surface area (TPSA) is 42.7 Å². The van der Waals surface area contributed by atoms with Crippen LogP contribution in [0.5, 0.6) is 0 Å². The second-order valence-electron chi connectivity index (χ2n) is 5.36. The molecule has 0 radical (unpaired) electrons. The molecule has 0 bridgehead atoms. The standard InChI is InChI=1S/C16H23BrN4/c1-5-14-13(10-18-11(3)4)15(6-2)21(20-14)16-8-7-12(17)9-19-16/h7-9,11,18H,5-6,10H2,1-4H3. The molecule has 0 aliphatic rings. The van der Waals surface area contributed by atoms with Crippen LogP contribution in [0.3, 0.4) is 0 Å². The van der Waals surface area contributed by atoms with Crippen LogP contribution >= 0.6 is 15.9 Å². The highest BCUT2D eigenvalue weighted by Crippen LogP contribution is 2.20. The lowest BCUT2D eigenvalue weighted by atomic mass is 10.1. The van der Waals surface area contributed by atoms with Crippen molar-refractivity contribution in [2.24, 2.45) is 0 Å². The van der Waals surface area contributed by atoms with Crippen molar-refractivity contribution in [2.75, 3.05) is 0 Å². The van der Waals surface area contributed by atoms with Crippen molar-refractivity contribution >= 4 is 15.9 Å². The molecule has 0 aromatic carbocycles. The zero-order valence-electron chi connectivity index (χ0n) is 13.2. The fourth-order valence-corrected chi connectivity index (χ4v) is 2.61. The van der Waals surface area contributed by atoms with Crippen LogP contribution in [0, 0.1) is 0 Å². The Hall–Kier alpha value is -1.20. The van der Waals surface area contributed by atoms with Crippen LogP contribution in [0.1, 0.15) is 44.6 Å². The van der Waals surface area contributed by atoms with Gasteiger partial charge in [0, 0.05) is 28.8 Å². The molecule has 0 amide bonds. The first-order chi connectivity index (χ1) is 10.1. The number of nitrogens with zero attached hydrogens (tertiary/aromatic N) is 3. The Morgan fingerprint density at radius 2 is 2.00 bits per heavy atom. The minimum Gasteiger partial charge on any atom is -0.310 e. The van der Waals surface area contributed by atoms with Crippen LogP contribution in [-0.2, 0) is 19.4 Å². The number of nitrogens with one attached hydrogen (secondary N) is 1. The van der Waals surface area contributed by atoms with E-state index < -0.39 is 0 Å². The number of hydrogen-bond donors (Lipinski definition) is 1. The van der Waals surface area contributed by atoms with E-state index in [1.54, 1.807) is 0 Å². The summed E-state index contributed by atoms with van der Waals surface area (Å²) in [6.07, 6.45) is 3.69. The van der Waals surface area contributed by atoms with Gasteiger partial charge in [-0.05, 0) is 40.9 Å². The monoisotopic (exact) mass is 350 g/mol. The highest BCUT2D eigenvalue weighted by molar-refractivity contribution is 9.10. The van der Waals surface area contributed by atoms with Crippen molar-refractivity contribution in [3.8, 4) is 5.82 Å². The second kappa shape index (κ2) is 7.18. The summed E-state index contributed by atoms with van der Waals surface area (Å²) in [5.74, 6) is 0.876. The van der Waals surface area contributed by atoms with Gasteiger partial charge in [-0.15, -0.1) is 0 Å². The Morgan fingerprint density at radius 1 is 1.24 bits per heavy atom. The third-order valence-electron chi connectivity index (χ3n) is 3.46. The number of rotatable bonds is 6. The Kier molecular flexibility index (Phi) is 5.53. The van der Waals surface area contributed by atoms with Gasteiger partial charge in [0.2, 0.25) is 0 Å². The summed E-state index contributed by atoms with van der Waals surface area (Å²) in [4.78, 5) is 4.47. The van der Waals surface area contributed by atoms with E-state index in [0.29, 0.717) is 6.04 Å². The summed E-state index contributed by atoms with van der Waals surface area (Å²) in [6.45, 7) is 9.51. The molecular formula is C16H23BrN4. The summed E-state index contributed by atoms with van der Waals surface area (Å²) in [5.41, 5.74) is 3.72. The average Bonchev–Trinajstić information content (AvgIpc) is 2.83. The van der Waals surface area contributed by atoms with E-state index in [4.69, 9.17) is 5.10 Å². The maximum atomic E-state index is 4.78. The van der Waals surface area contributed by atoms with Crippen LogP contribution in [0.25, 0.3) is 5.82 Å². The summed E-state index contributed by atoms with van der Waals surface area (Å²) in [5, 5.41) is 8.28. The van der Waals surface area contributed by atoms with Gasteiger partial charge in [-0.2, -0.15) is 5.10 Å². The van der Waals surface area contributed by atoms with Gasteiger partial charge in [0.1, 0.15) is 0 Å².